The van der Waals surface area contributed by atoms with Crippen molar-refractivity contribution in [2.45, 2.75) is 104 Å². The second kappa shape index (κ2) is 10.3. The van der Waals surface area contributed by atoms with Crippen LogP contribution >= 0.6 is 0 Å². The molecular weight excluding hydrogens is 664 g/mol. The number of rotatable bonds is 4. The fourth-order valence-corrected chi connectivity index (χ4v) is 14.6. The summed E-state index contributed by atoms with van der Waals surface area (Å²) in [5.74, 6) is -2.90. The van der Waals surface area contributed by atoms with Gasteiger partial charge >= 0.3 is 5.97 Å². The summed E-state index contributed by atoms with van der Waals surface area (Å²) in [7, 11) is 0. The third-order valence-corrected chi connectivity index (χ3v) is 16.5. The summed E-state index contributed by atoms with van der Waals surface area (Å²) in [6.45, 7) is 13.9. The van der Waals surface area contributed by atoms with Gasteiger partial charge in [-0.1, -0.05) is 95.7 Å². The number of carbonyl (C=O) groups excluding carboxylic acids is 2. The number of carboxylic acids is 1. The fourth-order valence-electron chi connectivity index (χ4n) is 14.6. The van der Waals surface area contributed by atoms with Gasteiger partial charge in [0, 0.05) is 52.1 Å². The Bertz CT molecular complexity index is 2130. The van der Waals surface area contributed by atoms with Crippen molar-refractivity contribution >= 4 is 23.6 Å². The van der Waals surface area contributed by atoms with Gasteiger partial charge in [-0.05, 0) is 95.8 Å². The Labute approximate surface area is 312 Å². The predicted octanol–water partition coefficient (Wildman–Crippen LogP) is 7.10. The highest BCUT2D eigenvalue weighted by atomic mass is 16.4. The van der Waals surface area contributed by atoms with Crippen molar-refractivity contribution in [1.29, 1.82) is 0 Å². The molecule has 0 heterocycles. The summed E-state index contributed by atoms with van der Waals surface area (Å²) in [5.41, 5.74) is -2.47. The lowest BCUT2D eigenvalue weighted by Gasteiger charge is -2.69. The van der Waals surface area contributed by atoms with Crippen LogP contribution in [0, 0.1) is 51.2 Å². The molecule has 4 N–H and O–H groups in total. The molecule has 1 aromatic carbocycles. The van der Waals surface area contributed by atoms with Gasteiger partial charge in [0.2, 0.25) is 0 Å². The third kappa shape index (κ3) is 3.85. The Morgan fingerprint density at radius 2 is 1.70 bits per heavy atom. The molecule has 7 nitrogen and oxygen atoms in total. The number of allylic oxidation sites excluding steroid dienone is 3. The molecule has 0 unspecified atom stereocenters. The monoisotopic (exact) mass is 716 g/mol. The minimum atomic E-state index is -1.66. The molecule has 0 amide bonds. The van der Waals surface area contributed by atoms with Crippen LogP contribution in [0.4, 0.5) is 0 Å². The first-order chi connectivity index (χ1) is 24.7. The third-order valence-electron chi connectivity index (χ3n) is 16.5. The van der Waals surface area contributed by atoms with Gasteiger partial charge in [-0.25, -0.2) is 4.79 Å². The van der Waals surface area contributed by atoms with Gasteiger partial charge in [0.05, 0.1) is 0 Å². The van der Waals surface area contributed by atoms with Crippen LogP contribution in [-0.4, -0.2) is 54.8 Å². The largest absolute Gasteiger partial charge is 0.478 e. The van der Waals surface area contributed by atoms with E-state index in [1.807, 2.05) is 62.4 Å². The fraction of sp³-hybridized carbons (Fsp3) is 0.543. The van der Waals surface area contributed by atoms with E-state index in [1.165, 1.54) is 13.0 Å². The number of benzene rings is 1. The summed E-state index contributed by atoms with van der Waals surface area (Å²) in [4.78, 5) is 41.3. The number of hydrogen-bond acceptors (Lipinski definition) is 6. The van der Waals surface area contributed by atoms with Gasteiger partial charge < -0.3 is 20.4 Å². The van der Waals surface area contributed by atoms with E-state index in [0.29, 0.717) is 42.4 Å². The number of aliphatic carboxylic acids is 1. The van der Waals surface area contributed by atoms with E-state index in [2.05, 4.69) is 33.8 Å². The van der Waals surface area contributed by atoms with Crippen molar-refractivity contribution in [2.75, 3.05) is 0 Å². The molecule has 0 saturated heterocycles. The van der Waals surface area contributed by atoms with E-state index >= 15 is 4.79 Å². The van der Waals surface area contributed by atoms with Crippen LogP contribution in [0.5, 0.6) is 0 Å². The summed E-state index contributed by atoms with van der Waals surface area (Å²) in [6, 6.07) is 9.96. The van der Waals surface area contributed by atoms with Crippen LogP contribution in [0.15, 0.2) is 93.6 Å². The maximum absolute atomic E-state index is 15.3. The van der Waals surface area contributed by atoms with E-state index in [4.69, 9.17) is 0 Å². The molecule has 278 valence electrons. The van der Waals surface area contributed by atoms with Gasteiger partial charge in [-0.3, -0.25) is 9.59 Å². The minimum Gasteiger partial charge on any atom is -0.478 e. The number of carbonyl (C=O) groups is 3. The number of ketones is 2. The first-order valence-corrected chi connectivity index (χ1v) is 19.5. The number of Topliss-reactive ketones (excluding diaryl/α,β-unsaturated/α-hetero) is 2. The normalized spacial score (nSPS) is 46.2. The Balaban J connectivity index is 1.36. The molecule has 9 rings (SSSR count). The lowest BCUT2D eigenvalue weighted by atomic mass is 9.35. The van der Waals surface area contributed by atoms with E-state index < -0.39 is 56.3 Å². The second-order valence-corrected chi connectivity index (χ2v) is 19.2. The number of fused-ring (bicyclic) bond motifs is 3. The molecule has 53 heavy (non-hydrogen) atoms. The number of aliphatic hydroxyl groups is 3. The Hall–Kier alpha value is -3.65. The first kappa shape index (κ1) is 35.1. The van der Waals surface area contributed by atoms with Crippen LogP contribution < -0.4 is 0 Å². The average molecular weight is 717 g/mol. The molecule has 0 spiro atoms. The molecule has 0 radical (unpaired) electrons. The quantitative estimate of drug-likeness (QED) is 0.193. The highest BCUT2D eigenvalue weighted by molar-refractivity contribution is 6.02. The molecule has 3 saturated carbocycles. The average Bonchev–Trinajstić information content (AvgIpc) is 3.53. The van der Waals surface area contributed by atoms with Gasteiger partial charge in [-0.15, -0.1) is 0 Å². The maximum atomic E-state index is 15.3. The van der Waals surface area contributed by atoms with E-state index in [9.17, 15) is 30.0 Å². The smallest absolute Gasteiger partial charge is 0.331 e. The van der Waals surface area contributed by atoms with Crippen LogP contribution in [0.25, 0.3) is 6.08 Å². The van der Waals surface area contributed by atoms with Crippen LogP contribution in [-0.2, 0) is 14.4 Å². The number of hydrogen-bond donors (Lipinski definition) is 4. The predicted molar refractivity (Wildman–Crippen MR) is 201 cm³/mol. The second-order valence-electron chi connectivity index (χ2n) is 19.2. The van der Waals surface area contributed by atoms with Crippen LogP contribution in [0.3, 0.4) is 0 Å². The zero-order chi connectivity index (χ0) is 38.1. The van der Waals surface area contributed by atoms with E-state index in [1.54, 1.807) is 0 Å². The topological polar surface area (TPSA) is 132 Å². The molecular formula is C46H52O7. The summed E-state index contributed by atoms with van der Waals surface area (Å²) in [6.07, 6.45) is 11.7. The van der Waals surface area contributed by atoms with Crippen LogP contribution in [0.1, 0.15) is 92.6 Å². The van der Waals surface area contributed by atoms with Crippen molar-refractivity contribution in [2.24, 2.45) is 51.2 Å². The lowest BCUT2D eigenvalue weighted by molar-refractivity contribution is -0.164. The van der Waals surface area contributed by atoms with Gasteiger partial charge in [0.15, 0.2) is 5.78 Å². The Morgan fingerprint density at radius 3 is 2.38 bits per heavy atom. The van der Waals surface area contributed by atoms with Crippen molar-refractivity contribution in [3.8, 4) is 0 Å². The van der Waals surface area contributed by atoms with E-state index in [-0.39, 0.29) is 47.7 Å². The highest BCUT2D eigenvalue weighted by Gasteiger charge is 2.84. The molecule has 0 aromatic heterocycles. The highest BCUT2D eigenvalue weighted by Crippen LogP contribution is 2.83. The summed E-state index contributed by atoms with van der Waals surface area (Å²) < 4.78 is 0. The Morgan fingerprint density at radius 1 is 1.00 bits per heavy atom. The van der Waals surface area contributed by atoms with Crippen molar-refractivity contribution in [3.05, 3.63) is 99.2 Å². The molecule has 11 atom stereocenters. The van der Waals surface area contributed by atoms with Gasteiger partial charge in [0.1, 0.15) is 22.6 Å². The Kier molecular flexibility index (Phi) is 6.85. The number of carboxylic acid groups (broad SMARTS) is 1. The van der Waals surface area contributed by atoms with E-state index in [0.717, 1.165) is 22.3 Å². The zero-order valence-corrected chi connectivity index (χ0v) is 31.9. The first-order valence-electron chi connectivity index (χ1n) is 19.5. The van der Waals surface area contributed by atoms with Crippen molar-refractivity contribution in [3.63, 3.8) is 0 Å². The van der Waals surface area contributed by atoms with Gasteiger partial charge in [-0.2, -0.15) is 0 Å². The minimum absolute atomic E-state index is 0.0228. The summed E-state index contributed by atoms with van der Waals surface area (Å²) in [5, 5.41) is 50.2. The maximum Gasteiger partial charge on any atom is 0.331 e. The molecule has 0 bridgehead atoms. The summed E-state index contributed by atoms with van der Waals surface area (Å²) >= 11 is 0. The lowest BCUT2D eigenvalue weighted by Crippen LogP contribution is -2.71. The molecule has 7 heteroatoms. The molecule has 3 fully saturated rings. The molecule has 0 aliphatic heterocycles. The van der Waals surface area contributed by atoms with Crippen LogP contribution in [0.2, 0.25) is 0 Å². The van der Waals surface area contributed by atoms with Crippen molar-refractivity contribution < 1.29 is 34.8 Å². The SMILES string of the molecule is C/C(=C\[C@@]1(O)C[C@@H](C)[C@H]2[C@@H]3C4=C(CC=C41)CC1=C[C@]4(O)C5=C(C(=O)C[C@@]2(C)[C@@]5(C)[C@]13O)[C@@]1(C)CCC(=O)C(C)(C)[C@H]1[C@@H]4/C=C/c1ccccc1)C(=O)O. The van der Waals surface area contributed by atoms with Crippen molar-refractivity contribution in [1.82, 2.24) is 0 Å². The standard InChI is InChI=1S/C46H52O7/c1-24-20-44(51,21-25(2)39(49)50)29-16-14-27-19-28-22-45(52)30(15-13-26-11-9-8-10-12-26)37-40(3,4)32(48)17-18-41(37,5)35-31(47)23-42(6)34(24)36(33(27)29)46(28,53)43(42,7)38(35)45/h8-13,15-16,21-22,24,30,34,36-37,51-53H,14,17-20,23H2,1-7H3,(H,49,50)/b15-13+,25-21+/t24-,30+,34+,36+,37-,41-,42-,43+,44+,45-,46+/m1/s1. The molecule has 8 aliphatic carbocycles. The molecule has 8 aliphatic rings. The molecule has 1 aromatic rings. The zero-order valence-electron chi connectivity index (χ0n) is 31.9. The van der Waals surface area contributed by atoms with Gasteiger partial charge in [0.25, 0.3) is 0 Å².